The predicted octanol–water partition coefficient (Wildman–Crippen LogP) is 1.68. The maximum atomic E-state index is 12.6. The summed E-state index contributed by atoms with van der Waals surface area (Å²) < 4.78 is 27.5. The molecule has 0 amide bonds. The van der Waals surface area contributed by atoms with Gasteiger partial charge in [0.2, 0.25) is 0 Å². The third-order valence-corrected chi connectivity index (χ3v) is 5.97. The lowest BCUT2D eigenvalue weighted by atomic mass is 9.90. The summed E-state index contributed by atoms with van der Waals surface area (Å²) in [5.41, 5.74) is 1.22. The average molecular weight is 338 g/mol. The highest BCUT2D eigenvalue weighted by atomic mass is 32.2. The SMILES string of the molecule is C=CCN(CC(=O)O)S(=O)(=O)N1CCC(c2ccccc2)CC1. The Morgan fingerprint density at radius 1 is 1.30 bits per heavy atom. The maximum absolute atomic E-state index is 12.6. The summed E-state index contributed by atoms with van der Waals surface area (Å²) >= 11 is 0. The topological polar surface area (TPSA) is 77.9 Å². The van der Waals surface area contributed by atoms with Gasteiger partial charge in [0.05, 0.1) is 0 Å². The monoisotopic (exact) mass is 338 g/mol. The van der Waals surface area contributed by atoms with E-state index in [9.17, 15) is 13.2 Å². The van der Waals surface area contributed by atoms with E-state index >= 15 is 0 Å². The smallest absolute Gasteiger partial charge is 0.318 e. The largest absolute Gasteiger partial charge is 0.480 e. The molecule has 1 aliphatic rings. The van der Waals surface area contributed by atoms with E-state index in [0.29, 0.717) is 19.0 Å². The van der Waals surface area contributed by atoms with Crippen LogP contribution in [0.3, 0.4) is 0 Å². The fourth-order valence-corrected chi connectivity index (χ4v) is 4.41. The summed E-state index contributed by atoms with van der Waals surface area (Å²) in [6.45, 7) is 3.74. The Morgan fingerprint density at radius 2 is 1.91 bits per heavy atom. The van der Waals surface area contributed by atoms with Gasteiger partial charge in [-0.3, -0.25) is 4.79 Å². The van der Waals surface area contributed by atoms with Crippen LogP contribution >= 0.6 is 0 Å². The Bertz CT molecular complexity index is 637. The molecule has 23 heavy (non-hydrogen) atoms. The Hall–Kier alpha value is -1.70. The lowest BCUT2D eigenvalue weighted by Crippen LogP contribution is -2.48. The van der Waals surface area contributed by atoms with Crippen LogP contribution in [0.25, 0.3) is 0 Å². The van der Waals surface area contributed by atoms with E-state index in [1.54, 1.807) is 0 Å². The minimum Gasteiger partial charge on any atom is -0.480 e. The molecule has 126 valence electrons. The summed E-state index contributed by atoms with van der Waals surface area (Å²) in [5, 5.41) is 8.90. The number of piperidine rings is 1. The van der Waals surface area contributed by atoms with Crippen LogP contribution in [0.15, 0.2) is 43.0 Å². The van der Waals surface area contributed by atoms with Gasteiger partial charge < -0.3 is 5.11 Å². The first-order valence-electron chi connectivity index (χ1n) is 7.58. The third-order valence-electron chi connectivity index (χ3n) is 4.02. The fourth-order valence-electron chi connectivity index (χ4n) is 2.84. The number of carboxylic acid groups (broad SMARTS) is 1. The Morgan fingerprint density at radius 3 is 2.43 bits per heavy atom. The average Bonchev–Trinajstić information content (AvgIpc) is 2.55. The van der Waals surface area contributed by atoms with Gasteiger partial charge in [0.25, 0.3) is 10.2 Å². The van der Waals surface area contributed by atoms with Crippen LogP contribution in [0.2, 0.25) is 0 Å². The van der Waals surface area contributed by atoms with Gasteiger partial charge in [-0.1, -0.05) is 36.4 Å². The van der Waals surface area contributed by atoms with Crippen molar-refractivity contribution < 1.29 is 18.3 Å². The number of hydrogen-bond acceptors (Lipinski definition) is 3. The number of rotatable bonds is 7. The zero-order valence-electron chi connectivity index (χ0n) is 13.0. The highest BCUT2D eigenvalue weighted by molar-refractivity contribution is 7.86. The molecule has 7 heteroatoms. The molecule has 0 saturated carbocycles. The second-order valence-corrected chi connectivity index (χ2v) is 7.50. The van der Waals surface area contributed by atoms with Crippen molar-refractivity contribution in [2.45, 2.75) is 18.8 Å². The molecule has 1 heterocycles. The van der Waals surface area contributed by atoms with Gasteiger partial charge in [-0.15, -0.1) is 6.58 Å². The van der Waals surface area contributed by atoms with Crippen molar-refractivity contribution in [1.82, 2.24) is 8.61 Å². The normalized spacial score (nSPS) is 17.3. The van der Waals surface area contributed by atoms with Crippen LogP contribution in [0.1, 0.15) is 24.3 Å². The van der Waals surface area contributed by atoms with Crippen molar-refractivity contribution in [2.24, 2.45) is 0 Å². The molecule has 1 saturated heterocycles. The minimum atomic E-state index is -3.77. The Balaban J connectivity index is 2.05. The molecule has 0 aromatic heterocycles. The molecule has 0 spiro atoms. The van der Waals surface area contributed by atoms with E-state index in [4.69, 9.17) is 5.11 Å². The molecule has 0 atom stereocenters. The first-order chi connectivity index (χ1) is 10.9. The van der Waals surface area contributed by atoms with E-state index in [1.807, 2.05) is 18.2 Å². The molecule has 0 aliphatic carbocycles. The van der Waals surface area contributed by atoms with Gasteiger partial charge >= 0.3 is 5.97 Å². The second kappa shape index (κ2) is 7.72. The number of carbonyl (C=O) groups is 1. The second-order valence-electron chi connectivity index (χ2n) is 5.57. The first kappa shape index (κ1) is 17.7. The van der Waals surface area contributed by atoms with Crippen molar-refractivity contribution in [1.29, 1.82) is 0 Å². The predicted molar refractivity (Wildman–Crippen MR) is 88.3 cm³/mol. The highest BCUT2D eigenvalue weighted by Gasteiger charge is 2.33. The van der Waals surface area contributed by atoms with Crippen LogP contribution in [0.4, 0.5) is 0 Å². The molecule has 1 fully saturated rings. The van der Waals surface area contributed by atoms with E-state index in [2.05, 4.69) is 18.7 Å². The minimum absolute atomic E-state index is 0.00670. The van der Waals surface area contributed by atoms with E-state index in [0.717, 1.165) is 17.1 Å². The highest BCUT2D eigenvalue weighted by Crippen LogP contribution is 2.29. The summed E-state index contributed by atoms with van der Waals surface area (Å²) in [4.78, 5) is 10.9. The number of carboxylic acids is 1. The summed E-state index contributed by atoms with van der Waals surface area (Å²) in [6, 6.07) is 10.0. The molecule has 1 aromatic carbocycles. The molecule has 2 rings (SSSR count). The molecule has 1 N–H and O–H groups in total. The van der Waals surface area contributed by atoms with E-state index < -0.39 is 22.7 Å². The van der Waals surface area contributed by atoms with Crippen molar-refractivity contribution in [2.75, 3.05) is 26.2 Å². The standard InChI is InChI=1S/C16H22N2O4S/c1-2-10-18(13-16(19)20)23(21,22)17-11-8-15(9-12-17)14-6-4-3-5-7-14/h2-7,15H,1,8-13H2,(H,19,20). The number of benzene rings is 1. The summed E-state index contributed by atoms with van der Waals surface area (Å²) in [7, 11) is -3.77. The zero-order chi connectivity index (χ0) is 16.9. The molecular weight excluding hydrogens is 316 g/mol. The lowest BCUT2D eigenvalue weighted by molar-refractivity contribution is -0.137. The molecular formula is C16H22N2O4S. The van der Waals surface area contributed by atoms with Gasteiger partial charge in [-0.2, -0.15) is 17.0 Å². The van der Waals surface area contributed by atoms with Crippen LogP contribution in [0.5, 0.6) is 0 Å². The molecule has 1 aromatic rings. The van der Waals surface area contributed by atoms with Crippen molar-refractivity contribution >= 4 is 16.2 Å². The van der Waals surface area contributed by atoms with Crippen LogP contribution in [-0.4, -0.2) is 54.3 Å². The Kier molecular flexibility index (Phi) is 5.92. The van der Waals surface area contributed by atoms with Crippen LogP contribution in [0, 0.1) is 0 Å². The summed E-state index contributed by atoms with van der Waals surface area (Å²) in [5.74, 6) is -0.829. The number of aliphatic carboxylic acids is 1. The van der Waals surface area contributed by atoms with Gasteiger partial charge in [-0.05, 0) is 24.3 Å². The van der Waals surface area contributed by atoms with Gasteiger partial charge in [0, 0.05) is 19.6 Å². The molecule has 0 radical (unpaired) electrons. The Labute approximate surface area is 137 Å². The summed E-state index contributed by atoms with van der Waals surface area (Å²) in [6.07, 6.45) is 2.87. The van der Waals surface area contributed by atoms with Crippen LogP contribution in [-0.2, 0) is 15.0 Å². The van der Waals surface area contributed by atoms with Gasteiger partial charge in [0.1, 0.15) is 6.54 Å². The maximum Gasteiger partial charge on any atom is 0.318 e. The van der Waals surface area contributed by atoms with Gasteiger partial charge in [-0.25, -0.2) is 0 Å². The molecule has 1 aliphatic heterocycles. The molecule has 0 bridgehead atoms. The fraction of sp³-hybridized carbons (Fsp3) is 0.438. The quantitative estimate of drug-likeness (QED) is 0.767. The first-order valence-corrected chi connectivity index (χ1v) is 8.97. The van der Waals surface area contributed by atoms with Gasteiger partial charge in [0.15, 0.2) is 0 Å². The molecule has 6 nitrogen and oxygen atoms in total. The van der Waals surface area contributed by atoms with Crippen molar-refractivity contribution in [3.05, 3.63) is 48.6 Å². The number of nitrogens with zero attached hydrogens (tertiary/aromatic N) is 2. The van der Waals surface area contributed by atoms with Crippen molar-refractivity contribution in [3.63, 3.8) is 0 Å². The van der Waals surface area contributed by atoms with Crippen molar-refractivity contribution in [3.8, 4) is 0 Å². The zero-order valence-corrected chi connectivity index (χ0v) is 13.8. The van der Waals surface area contributed by atoms with E-state index in [1.165, 1.54) is 15.9 Å². The molecule has 0 unspecified atom stereocenters. The van der Waals surface area contributed by atoms with Crippen LogP contribution < -0.4 is 0 Å². The van der Waals surface area contributed by atoms with E-state index in [-0.39, 0.29) is 6.54 Å². The number of hydrogen-bond donors (Lipinski definition) is 1. The lowest BCUT2D eigenvalue weighted by Gasteiger charge is -2.34. The third kappa shape index (κ3) is 4.40.